The number of hydrogen-bond donors (Lipinski definition) is 0. The van der Waals surface area contributed by atoms with Crippen LogP contribution in [0, 0.1) is 0 Å². The molecule has 0 aliphatic carbocycles. The van der Waals surface area contributed by atoms with Gasteiger partial charge in [0.15, 0.2) is 0 Å². The summed E-state index contributed by atoms with van der Waals surface area (Å²) in [6.45, 7) is 6.72. The highest BCUT2D eigenvalue weighted by molar-refractivity contribution is 6.66. The van der Waals surface area contributed by atoms with E-state index in [-0.39, 0.29) is 0 Å². The Labute approximate surface area is 178 Å². The summed E-state index contributed by atoms with van der Waals surface area (Å²) in [6, 6.07) is 24.1. The number of benzene rings is 4. The molecule has 0 aliphatic heterocycles. The zero-order valence-electron chi connectivity index (χ0n) is 17.8. The van der Waals surface area contributed by atoms with Crippen LogP contribution in [-0.2, 0) is 0 Å². The van der Waals surface area contributed by atoms with Crippen LogP contribution in [0.5, 0.6) is 23.0 Å². The van der Waals surface area contributed by atoms with Crippen molar-refractivity contribution in [2.75, 3.05) is 13.7 Å². The number of hydrogen-bond acceptors (Lipinski definition) is 4. The van der Waals surface area contributed by atoms with Gasteiger partial charge in [0.05, 0.1) is 13.7 Å². The Balaban J connectivity index is 1.68. The Morgan fingerprint density at radius 3 is 1.47 bits per heavy atom. The van der Waals surface area contributed by atoms with E-state index in [1.165, 1.54) is 0 Å². The minimum atomic E-state index is -2.56. The molecule has 0 N–H and O–H groups in total. The third-order valence-corrected chi connectivity index (χ3v) is 6.34. The fourth-order valence-electron chi connectivity index (χ4n) is 3.68. The molecule has 0 unspecified atom stereocenters. The van der Waals surface area contributed by atoms with E-state index in [0.717, 1.165) is 44.5 Å². The lowest BCUT2D eigenvalue weighted by Crippen LogP contribution is -2.41. The predicted octanol–water partition coefficient (Wildman–Crippen LogP) is 6.56. The first-order chi connectivity index (χ1) is 14.5. The van der Waals surface area contributed by atoms with Crippen LogP contribution in [0.15, 0.2) is 72.8 Å². The second kappa shape index (κ2) is 8.28. The summed E-state index contributed by atoms with van der Waals surface area (Å²) in [5, 5.41) is 4.09. The van der Waals surface area contributed by atoms with Gasteiger partial charge in [0.1, 0.15) is 23.0 Å². The van der Waals surface area contributed by atoms with E-state index >= 15 is 0 Å². The number of rotatable bonds is 7. The zero-order chi connectivity index (χ0) is 21.1. The molecule has 4 aromatic rings. The van der Waals surface area contributed by atoms with Gasteiger partial charge in [-0.15, -0.1) is 0 Å². The summed E-state index contributed by atoms with van der Waals surface area (Å²) < 4.78 is 24.2. The average molecular weight is 419 g/mol. The number of fused-ring (bicyclic) bond motifs is 2. The van der Waals surface area contributed by atoms with Crippen molar-refractivity contribution in [2.45, 2.75) is 20.0 Å². The molecule has 5 heteroatoms. The lowest BCUT2D eigenvalue weighted by atomic mass is 10.1. The maximum atomic E-state index is 6.49. The van der Waals surface area contributed by atoms with Gasteiger partial charge < -0.3 is 18.3 Å². The topological polar surface area (TPSA) is 36.9 Å². The largest absolute Gasteiger partial charge is 0.512 e. The third-order valence-electron chi connectivity index (χ3n) is 4.92. The fourth-order valence-corrected chi connectivity index (χ4v) is 5.13. The summed E-state index contributed by atoms with van der Waals surface area (Å²) in [6.07, 6.45) is 0. The second-order valence-electron chi connectivity index (χ2n) is 7.46. The van der Waals surface area contributed by atoms with Gasteiger partial charge in [0, 0.05) is 34.6 Å². The molecular formula is C25H26O4Si. The van der Waals surface area contributed by atoms with Crippen molar-refractivity contribution in [3.63, 3.8) is 0 Å². The molecule has 4 nitrogen and oxygen atoms in total. The van der Waals surface area contributed by atoms with Crippen molar-refractivity contribution in [2.24, 2.45) is 0 Å². The first-order valence-corrected chi connectivity index (χ1v) is 12.9. The monoisotopic (exact) mass is 418 g/mol. The molecule has 0 spiro atoms. The van der Waals surface area contributed by atoms with Crippen LogP contribution < -0.4 is 18.3 Å². The van der Waals surface area contributed by atoms with E-state index in [4.69, 9.17) is 18.3 Å². The number of methoxy groups -OCH3 is 1. The normalized spacial score (nSPS) is 11.5. The van der Waals surface area contributed by atoms with Gasteiger partial charge in [-0.25, -0.2) is 0 Å². The van der Waals surface area contributed by atoms with Gasteiger partial charge in [-0.2, -0.15) is 0 Å². The molecule has 0 bridgehead atoms. The molecule has 0 aliphatic rings. The summed E-state index contributed by atoms with van der Waals surface area (Å²) in [4.78, 5) is 0. The van der Waals surface area contributed by atoms with Crippen LogP contribution in [0.1, 0.15) is 6.92 Å². The van der Waals surface area contributed by atoms with Crippen molar-refractivity contribution in [1.82, 2.24) is 0 Å². The minimum absolute atomic E-state index is 0.623. The molecule has 4 rings (SSSR count). The molecule has 4 aromatic carbocycles. The first-order valence-electron chi connectivity index (χ1n) is 10.1. The smallest absolute Gasteiger partial charge is 0.454 e. The highest BCUT2D eigenvalue weighted by atomic mass is 28.4. The van der Waals surface area contributed by atoms with Crippen LogP contribution in [0.2, 0.25) is 13.1 Å². The van der Waals surface area contributed by atoms with E-state index in [2.05, 4.69) is 25.2 Å². The molecule has 0 amide bonds. The first kappa shape index (κ1) is 20.1. The fraction of sp³-hybridized carbons (Fsp3) is 0.200. The summed E-state index contributed by atoms with van der Waals surface area (Å²) >= 11 is 0. The molecule has 0 saturated carbocycles. The number of ether oxygens (including phenoxy) is 2. The molecule has 0 saturated heterocycles. The van der Waals surface area contributed by atoms with Crippen molar-refractivity contribution in [3.05, 3.63) is 72.8 Å². The Kier molecular flexibility index (Phi) is 5.55. The van der Waals surface area contributed by atoms with Crippen molar-refractivity contribution >= 4 is 30.1 Å². The highest BCUT2D eigenvalue weighted by Crippen LogP contribution is 2.37. The lowest BCUT2D eigenvalue weighted by Gasteiger charge is -2.26. The maximum Gasteiger partial charge on any atom is 0.454 e. The summed E-state index contributed by atoms with van der Waals surface area (Å²) in [7, 11) is -0.883. The molecule has 30 heavy (non-hydrogen) atoms. The van der Waals surface area contributed by atoms with Crippen LogP contribution in [0.3, 0.4) is 0 Å². The van der Waals surface area contributed by atoms with E-state index in [1.54, 1.807) is 7.11 Å². The van der Waals surface area contributed by atoms with Crippen LogP contribution in [0.25, 0.3) is 21.5 Å². The predicted molar refractivity (Wildman–Crippen MR) is 124 cm³/mol. The SMILES string of the molecule is CCOc1ccc(O[Si](C)(C)Oc2ccc(OC)c3ccccc23)c2ccccc12. The molecule has 0 radical (unpaired) electrons. The van der Waals surface area contributed by atoms with Crippen LogP contribution in [0.4, 0.5) is 0 Å². The molecule has 0 heterocycles. The van der Waals surface area contributed by atoms with Gasteiger partial charge >= 0.3 is 8.56 Å². The molecular weight excluding hydrogens is 392 g/mol. The van der Waals surface area contributed by atoms with Gasteiger partial charge in [-0.3, -0.25) is 0 Å². The quantitative estimate of drug-likeness (QED) is 0.319. The third kappa shape index (κ3) is 3.93. The van der Waals surface area contributed by atoms with Gasteiger partial charge in [-0.05, 0) is 31.2 Å². The van der Waals surface area contributed by atoms with E-state index in [0.29, 0.717) is 6.61 Å². The molecule has 0 atom stereocenters. The lowest BCUT2D eigenvalue weighted by molar-refractivity contribution is 0.343. The molecule has 0 fully saturated rings. The van der Waals surface area contributed by atoms with Crippen LogP contribution in [-0.4, -0.2) is 22.3 Å². The molecule has 0 aromatic heterocycles. The Morgan fingerprint density at radius 1 is 0.600 bits per heavy atom. The van der Waals surface area contributed by atoms with Crippen molar-refractivity contribution in [3.8, 4) is 23.0 Å². The summed E-state index contributed by atoms with van der Waals surface area (Å²) in [5.41, 5.74) is 0. The van der Waals surface area contributed by atoms with E-state index in [1.807, 2.05) is 67.6 Å². The average Bonchev–Trinajstić information content (AvgIpc) is 2.75. The van der Waals surface area contributed by atoms with Crippen molar-refractivity contribution < 1.29 is 18.3 Å². The Morgan fingerprint density at radius 2 is 1.00 bits per heavy atom. The van der Waals surface area contributed by atoms with E-state index < -0.39 is 8.56 Å². The summed E-state index contributed by atoms with van der Waals surface area (Å²) in [5.74, 6) is 3.31. The van der Waals surface area contributed by atoms with E-state index in [9.17, 15) is 0 Å². The second-order valence-corrected chi connectivity index (χ2v) is 10.7. The Bertz CT molecular complexity index is 1190. The zero-order valence-corrected chi connectivity index (χ0v) is 18.8. The standard InChI is InChI=1S/C25H26O4Si/c1-5-27-23-15-17-25(21-13-9-7-11-19(21)23)29-30(3,4)28-24-16-14-22(26-2)18-10-6-8-12-20(18)24/h6-17H,5H2,1-4H3. The maximum absolute atomic E-state index is 6.49. The van der Waals surface area contributed by atoms with Gasteiger partial charge in [-0.1, -0.05) is 48.5 Å². The molecule has 154 valence electrons. The Hall–Kier alpha value is -3.18. The van der Waals surface area contributed by atoms with Gasteiger partial charge in [0.25, 0.3) is 0 Å². The van der Waals surface area contributed by atoms with Crippen LogP contribution >= 0.6 is 0 Å². The highest BCUT2D eigenvalue weighted by Gasteiger charge is 2.31. The van der Waals surface area contributed by atoms with Gasteiger partial charge in [0.2, 0.25) is 0 Å². The van der Waals surface area contributed by atoms with Crippen molar-refractivity contribution in [1.29, 1.82) is 0 Å². The minimum Gasteiger partial charge on any atom is -0.512 e.